The average Bonchev–Trinajstić information content (AvgIpc) is 2.34. The molecule has 0 aliphatic rings. The first-order valence-electron chi connectivity index (χ1n) is 6.93. The van der Waals surface area contributed by atoms with Crippen LogP contribution in [0.2, 0.25) is 0 Å². The first-order chi connectivity index (χ1) is 11.0. The van der Waals surface area contributed by atoms with Crippen LogP contribution in [0.25, 0.3) is 0 Å². The molecular formula is C14H20N2O8. The Morgan fingerprint density at radius 2 is 0.750 bits per heavy atom. The van der Waals surface area contributed by atoms with Crippen molar-refractivity contribution in [1.82, 2.24) is 10.1 Å². The predicted octanol–water partition coefficient (Wildman–Crippen LogP) is -1.14. The Morgan fingerprint density at radius 3 is 0.917 bits per heavy atom. The molecule has 0 rings (SSSR count). The van der Waals surface area contributed by atoms with Gasteiger partial charge in [0, 0.05) is 0 Å². The van der Waals surface area contributed by atoms with Crippen LogP contribution in [0.15, 0.2) is 0 Å². The SMILES string of the molecule is CC(=O)CN(CC(C)=O)OC(=O)C(=O)ON(CC(C)=O)CC(C)=O. The van der Waals surface area contributed by atoms with Crippen LogP contribution < -0.4 is 0 Å². The zero-order valence-corrected chi connectivity index (χ0v) is 14.0. The molecule has 10 heteroatoms. The van der Waals surface area contributed by atoms with Crippen LogP contribution in [-0.4, -0.2) is 71.4 Å². The van der Waals surface area contributed by atoms with Crippen molar-refractivity contribution in [1.29, 1.82) is 0 Å². The number of hydrogen-bond donors (Lipinski definition) is 0. The van der Waals surface area contributed by atoms with E-state index in [9.17, 15) is 28.8 Å². The Labute approximate surface area is 138 Å². The second-order valence-electron chi connectivity index (χ2n) is 5.16. The number of carbonyl (C=O) groups is 6. The smallest absolute Gasteiger partial charge is 0.358 e. The molecule has 0 aliphatic heterocycles. The minimum Gasteiger partial charge on any atom is -0.358 e. The Bertz CT molecular complexity index is 463. The Balaban J connectivity index is 4.82. The van der Waals surface area contributed by atoms with E-state index in [4.69, 9.17) is 0 Å². The predicted molar refractivity (Wildman–Crippen MR) is 78.1 cm³/mol. The van der Waals surface area contributed by atoms with Crippen molar-refractivity contribution in [2.45, 2.75) is 27.7 Å². The third-order valence-electron chi connectivity index (χ3n) is 2.19. The highest BCUT2D eigenvalue weighted by molar-refractivity contribution is 6.29. The van der Waals surface area contributed by atoms with Crippen molar-refractivity contribution in [3.8, 4) is 0 Å². The normalized spacial score (nSPS) is 10.4. The van der Waals surface area contributed by atoms with Gasteiger partial charge in [-0.05, 0) is 27.7 Å². The lowest BCUT2D eigenvalue weighted by molar-refractivity contribution is -0.217. The van der Waals surface area contributed by atoms with Crippen LogP contribution in [0.1, 0.15) is 27.7 Å². The van der Waals surface area contributed by atoms with E-state index in [0.717, 1.165) is 0 Å². The maximum atomic E-state index is 11.7. The Kier molecular flexibility index (Phi) is 9.28. The van der Waals surface area contributed by atoms with E-state index in [0.29, 0.717) is 10.1 Å². The summed E-state index contributed by atoms with van der Waals surface area (Å²) >= 11 is 0. The molecule has 0 aromatic rings. The van der Waals surface area contributed by atoms with Crippen molar-refractivity contribution in [2.75, 3.05) is 26.2 Å². The van der Waals surface area contributed by atoms with Gasteiger partial charge in [0.1, 0.15) is 23.1 Å². The Hall–Kier alpha value is -2.46. The molecule has 0 fully saturated rings. The summed E-state index contributed by atoms with van der Waals surface area (Å²) in [7, 11) is 0. The first kappa shape index (κ1) is 21.5. The van der Waals surface area contributed by atoms with Gasteiger partial charge in [0.2, 0.25) is 0 Å². The van der Waals surface area contributed by atoms with Gasteiger partial charge in [0.25, 0.3) is 0 Å². The van der Waals surface area contributed by atoms with Crippen LogP contribution in [0.3, 0.4) is 0 Å². The molecule has 24 heavy (non-hydrogen) atoms. The van der Waals surface area contributed by atoms with E-state index in [-0.39, 0.29) is 26.2 Å². The molecule has 0 N–H and O–H groups in total. The number of ketones is 4. The van der Waals surface area contributed by atoms with Gasteiger partial charge in [-0.3, -0.25) is 19.2 Å². The molecule has 0 aliphatic carbocycles. The minimum atomic E-state index is -1.49. The fraction of sp³-hybridized carbons (Fsp3) is 0.571. The quantitative estimate of drug-likeness (QED) is 0.354. The van der Waals surface area contributed by atoms with Crippen molar-refractivity contribution >= 4 is 35.1 Å². The van der Waals surface area contributed by atoms with Gasteiger partial charge in [0.05, 0.1) is 26.2 Å². The molecule has 0 bridgehead atoms. The molecule has 0 saturated heterocycles. The summed E-state index contributed by atoms with van der Waals surface area (Å²) in [6, 6.07) is 0. The van der Waals surface area contributed by atoms with Crippen LogP contribution in [-0.2, 0) is 38.4 Å². The molecule has 0 aromatic carbocycles. The fourth-order valence-corrected chi connectivity index (χ4v) is 1.54. The van der Waals surface area contributed by atoms with E-state index >= 15 is 0 Å². The van der Waals surface area contributed by atoms with Gasteiger partial charge in [-0.15, -0.1) is 10.1 Å². The van der Waals surface area contributed by atoms with Crippen molar-refractivity contribution in [2.24, 2.45) is 0 Å². The molecule has 0 heterocycles. The van der Waals surface area contributed by atoms with E-state index in [1.165, 1.54) is 27.7 Å². The van der Waals surface area contributed by atoms with E-state index in [1.807, 2.05) is 0 Å². The zero-order valence-electron chi connectivity index (χ0n) is 14.0. The van der Waals surface area contributed by atoms with Gasteiger partial charge in [-0.1, -0.05) is 0 Å². The van der Waals surface area contributed by atoms with Crippen LogP contribution in [0.5, 0.6) is 0 Å². The van der Waals surface area contributed by atoms with E-state index in [2.05, 4.69) is 9.68 Å². The van der Waals surface area contributed by atoms with Crippen molar-refractivity contribution in [3.05, 3.63) is 0 Å². The molecule has 0 atom stereocenters. The van der Waals surface area contributed by atoms with Gasteiger partial charge in [0.15, 0.2) is 0 Å². The maximum Gasteiger partial charge on any atom is 0.438 e. The summed E-state index contributed by atoms with van der Waals surface area (Å²) < 4.78 is 0. The van der Waals surface area contributed by atoms with Gasteiger partial charge < -0.3 is 9.68 Å². The standard InChI is InChI=1S/C14H20N2O8/c1-9(17)5-15(6-10(2)18)23-13(21)14(22)24-16(7-11(3)19)8-12(4)20/h5-8H2,1-4H3. The van der Waals surface area contributed by atoms with Crippen LogP contribution in [0, 0.1) is 0 Å². The molecule has 0 aromatic heterocycles. The second-order valence-corrected chi connectivity index (χ2v) is 5.16. The average molecular weight is 344 g/mol. The van der Waals surface area contributed by atoms with E-state index in [1.54, 1.807) is 0 Å². The number of hydroxylamine groups is 4. The van der Waals surface area contributed by atoms with Crippen molar-refractivity contribution < 1.29 is 38.4 Å². The van der Waals surface area contributed by atoms with Crippen molar-refractivity contribution in [3.63, 3.8) is 0 Å². The highest BCUT2D eigenvalue weighted by atomic mass is 16.8. The number of rotatable bonds is 10. The molecule has 134 valence electrons. The first-order valence-corrected chi connectivity index (χ1v) is 6.93. The summed E-state index contributed by atoms with van der Waals surface area (Å²) in [5.74, 6) is -4.57. The third kappa shape index (κ3) is 10.3. The number of Topliss-reactive ketones (excluding diaryl/α,β-unsaturated/α-hetero) is 4. The van der Waals surface area contributed by atoms with Gasteiger partial charge >= 0.3 is 11.9 Å². The molecule has 0 saturated carbocycles. The summed E-state index contributed by atoms with van der Waals surface area (Å²) in [4.78, 5) is 76.8. The summed E-state index contributed by atoms with van der Waals surface area (Å²) in [6.07, 6.45) is 0. The van der Waals surface area contributed by atoms with Gasteiger partial charge in [-0.25, -0.2) is 9.59 Å². The topological polar surface area (TPSA) is 127 Å². The minimum absolute atomic E-state index is 0.386. The lowest BCUT2D eigenvalue weighted by Gasteiger charge is -2.20. The summed E-state index contributed by atoms with van der Waals surface area (Å²) in [6.45, 7) is 3.29. The van der Waals surface area contributed by atoms with Crippen LogP contribution >= 0.6 is 0 Å². The molecule has 0 spiro atoms. The highest BCUT2D eigenvalue weighted by Crippen LogP contribution is 1.99. The monoisotopic (exact) mass is 344 g/mol. The lowest BCUT2D eigenvalue weighted by Crippen LogP contribution is -2.41. The number of hydrogen-bond acceptors (Lipinski definition) is 10. The molecule has 10 nitrogen and oxygen atoms in total. The number of carbonyl (C=O) groups excluding carboxylic acids is 6. The Morgan fingerprint density at radius 1 is 0.542 bits per heavy atom. The highest BCUT2D eigenvalue weighted by Gasteiger charge is 2.26. The second kappa shape index (κ2) is 10.3. The molecular weight excluding hydrogens is 324 g/mol. The molecule has 0 radical (unpaired) electrons. The largest absolute Gasteiger partial charge is 0.438 e. The number of nitrogens with zero attached hydrogens (tertiary/aromatic N) is 2. The molecule has 0 unspecified atom stereocenters. The maximum absolute atomic E-state index is 11.7. The summed E-state index contributed by atoms with van der Waals surface area (Å²) in [5, 5.41) is 1.43. The summed E-state index contributed by atoms with van der Waals surface area (Å²) in [5.41, 5.74) is 0. The van der Waals surface area contributed by atoms with Crippen LogP contribution in [0.4, 0.5) is 0 Å². The zero-order chi connectivity index (χ0) is 18.9. The van der Waals surface area contributed by atoms with E-state index < -0.39 is 35.1 Å². The third-order valence-corrected chi connectivity index (χ3v) is 2.19. The van der Waals surface area contributed by atoms with Gasteiger partial charge in [-0.2, -0.15) is 0 Å². The molecule has 0 amide bonds. The lowest BCUT2D eigenvalue weighted by atomic mass is 10.4. The fourth-order valence-electron chi connectivity index (χ4n) is 1.54.